The Morgan fingerprint density at radius 1 is 1.29 bits per heavy atom. The first-order valence-electron chi connectivity index (χ1n) is 8.72. The van der Waals surface area contributed by atoms with Crippen LogP contribution in [-0.4, -0.2) is 16.1 Å². The summed E-state index contributed by atoms with van der Waals surface area (Å²) in [5, 5.41) is 8.22. The van der Waals surface area contributed by atoms with Crippen LogP contribution >= 0.6 is 11.5 Å². The second-order valence-electron chi connectivity index (χ2n) is 6.81. The summed E-state index contributed by atoms with van der Waals surface area (Å²) in [6.07, 6.45) is 8.04. The van der Waals surface area contributed by atoms with E-state index in [-0.39, 0.29) is 0 Å². The highest BCUT2D eigenvalue weighted by Crippen LogP contribution is 2.41. The summed E-state index contributed by atoms with van der Waals surface area (Å²) in [6.45, 7) is 10.1. The molecule has 2 rings (SSSR count). The minimum absolute atomic E-state index is 0.468. The van der Waals surface area contributed by atoms with Crippen molar-refractivity contribution in [3.8, 4) is 0 Å². The van der Waals surface area contributed by atoms with Crippen LogP contribution in [0.1, 0.15) is 88.8 Å². The Hall–Kier alpha value is -0.480. The van der Waals surface area contributed by atoms with Crippen molar-refractivity contribution < 1.29 is 0 Å². The largest absolute Gasteiger partial charge is 0.309 e. The Bertz CT molecular complexity index is 416. The molecular formula is C17H31N3S. The molecule has 4 heteroatoms. The van der Waals surface area contributed by atoms with Crippen molar-refractivity contribution in [1.29, 1.82) is 0 Å². The fourth-order valence-electron chi connectivity index (χ4n) is 3.60. The van der Waals surface area contributed by atoms with Gasteiger partial charge >= 0.3 is 0 Å². The van der Waals surface area contributed by atoms with E-state index >= 15 is 0 Å². The highest BCUT2D eigenvalue weighted by atomic mass is 32.1. The first kappa shape index (κ1) is 16.9. The van der Waals surface area contributed by atoms with Gasteiger partial charge in [-0.2, -0.15) is 0 Å². The van der Waals surface area contributed by atoms with E-state index in [1.54, 1.807) is 11.5 Å². The van der Waals surface area contributed by atoms with Crippen molar-refractivity contribution in [2.24, 2.45) is 11.8 Å². The number of hydrogen-bond donors (Lipinski definition) is 1. The first-order valence-corrected chi connectivity index (χ1v) is 9.50. The summed E-state index contributed by atoms with van der Waals surface area (Å²) in [5.74, 6) is 2.14. The second kappa shape index (κ2) is 8.23. The molecule has 1 aromatic heterocycles. The Morgan fingerprint density at radius 2 is 2.10 bits per heavy atom. The monoisotopic (exact) mass is 309 g/mol. The molecule has 21 heavy (non-hydrogen) atoms. The molecule has 1 heterocycles. The van der Waals surface area contributed by atoms with Gasteiger partial charge in [-0.25, -0.2) is 0 Å². The van der Waals surface area contributed by atoms with Gasteiger partial charge < -0.3 is 5.32 Å². The Labute approximate surface area is 134 Å². The molecular weight excluding hydrogens is 278 g/mol. The lowest BCUT2D eigenvalue weighted by Crippen LogP contribution is -2.32. The minimum Gasteiger partial charge on any atom is -0.309 e. The van der Waals surface area contributed by atoms with Gasteiger partial charge in [0.1, 0.15) is 0 Å². The molecule has 0 saturated heterocycles. The molecule has 0 spiro atoms. The summed E-state index contributed by atoms with van der Waals surface area (Å²) >= 11 is 1.62. The van der Waals surface area contributed by atoms with E-state index < -0.39 is 0 Å². The van der Waals surface area contributed by atoms with Crippen LogP contribution in [0.25, 0.3) is 0 Å². The quantitative estimate of drug-likeness (QED) is 0.777. The van der Waals surface area contributed by atoms with Crippen LogP contribution in [0.5, 0.6) is 0 Å². The van der Waals surface area contributed by atoms with Gasteiger partial charge in [0.05, 0.1) is 10.6 Å². The number of hydrogen-bond acceptors (Lipinski definition) is 4. The average molecular weight is 310 g/mol. The van der Waals surface area contributed by atoms with Crippen molar-refractivity contribution in [2.75, 3.05) is 6.54 Å². The molecule has 1 aliphatic rings. The average Bonchev–Trinajstić information content (AvgIpc) is 2.97. The first-order chi connectivity index (χ1) is 10.2. The van der Waals surface area contributed by atoms with E-state index in [9.17, 15) is 0 Å². The molecule has 0 aliphatic heterocycles. The van der Waals surface area contributed by atoms with Gasteiger partial charge in [-0.3, -0.25) is 0 Å². The third-order valence-electron chi connectivity index (χ3n) is 4.86. The van der Waals surface area contributed by atoms with Gasteiger partial charge in [-0.1, -0.05) is 51.4 Å². The second-order valence-corrected chi connectivity index (χ2v) is 7.60. The van der Waals surface area contributed by atoms with Crippen LogP contribution in [0.15, 0.2) is 0 Å². The molecule has 0 amide bonds. The van der Waals surface area contributed by atoms with E-state index in [0.29, 0.717) is 12.0 Å². The molecule has 3 atom stereocenters. The Balaban J connectivity index is 2.18. The van der Waals surface area contributed by atoms with Gasteiger partial charge in [-0.05, 0) is 55.1 Å². The lowest BCUT2D eigenvalue weighted by atomic mass is 9.76. The molecule has 120 valence electrons. The van der Waals surface area contributed by atoms with Crippen molar-refractivity contribution >= 4 is 11.5 Å². The Morgan fingerprint density at radius 3 is 2.76 bits per heavy atom. The summed E-state index contributed by atoms with van der Waals surface area (Å²) < 4.78 is 4.26. The van der Waals surface area contributed by atoms with Crippen LogP contribution in [0, 0.1) is 11.8 Å². The fraction of sp³-hybridized carbons (Fsp3) is 0.882. The summed E-state index contributed by atoms with van der Waals surface area (Å²) in [7, 11) is 0. The van der Waals surface area contributed by atoms with Crippen molar-refractivity contribution in [3.05, 3.63) is 10.6 Å². The van der Waals surface area contributed by atoms with E-state index in [0.717, 1.165) is 18.4 Å². The number of rotatable bonds is 7. The van der Waals surface area contributed by atoms with Crippen LogP contribution < -0.4 is 5.32 Å². The van der Waals surface area contributed by atoms with E-state index in [2.05, 4.69) is 42.6 Å². The molecule has 0 bridgehead atoms. The van der Waals surface area contributed by atoms with Crippen LogP contribution in [0.3, 0.4) is 0 Å². The molecule has 3 nitrogen and oxygen atoms in total. The smallest absolute Gasteiger partial charge is 0.0829 e. The minimum atomic E-state index is 0.468. The van der Waals surface area contributed by atoms with Gasteiger partial charge in [0, 0.05) is 6.04 Å². The fourth-order valence-corrected chi connectivity index (χ4v) is 4.58. The number of nitrogens with zero attached hydrogens (tertiary/aromatic N) is 2. The maximum Gasteiger partial charge on any atom is 0.0829 e. The standard InChI is InChI=1S/C17H31N3S/c1-5-10-18-16(14-9-7-8-13(6-2)11-14)17-15(12(3)4)19-20-21-17/h12-14,16,18H,5-11H2,1-4H3. The highest BCUT2D eigenvalue weighted by Gasteiger charge is 2.31. The maximum absolute atomic E-state index is 4.41. The molecule has 0 radical (unpaired) electrons. The van der Waals surface area contributed by atoms with Crippen molar-refractivity contribution in [2.45, 2.75) is 78.2 Å². The number of nitrogens with one attached hydrogen (secondary N) is 1. The van der Waals surface area contributed by atoms with Gasteiger partial charge in [0.15, 0.2) is 0 Å². The summed E-state index contributed by atoms with van der Waals surface area (Å²) in [6, 6.07) is 0.469. The molecule has 1 aromatic rings. The Kier molecular flexibility index (Phi) is 6.62. The predicted molar refractivity (Wildman–Crippen MR) is 90.8 cm³/mol. The normalized spacial score (nSPS) is 24.4. The van der Waals surface area contributed by atoms with Crippen LogP contribution in [0.2, 0.25) is 0 Å². The molecule has 3 unspecified atom stereocenters. The molecule has 1 N–H and O–H groups in total. The third kappa shape index (κ3) is 4.26. The predicted octanol–water partition coefficient (Wildman–Crippen LogP) is 4.92. The van der Waals surface area contributed by atoms with Crippen molar-refractivity contribution in [1.82, 2.24) is 14.9 Å². The zero-order chi connectivity index (χ0) is 15.2. The van der Waals surface area contributed by atoms with Crippen molar-refractivity contribution in [3.63, 3.8) is 0 Å². The van der Waals surface area contributed by atoms with Gasteiger partial charge in [-0.15, -0.1) is 5.10 Å². The third-order valence-corrected chi connectivity index (χ3v) is 5.68. The molecule has 1 aliphatic carbocycles. The topological polar surface area (TPSA) is 37.8 Å². The van der Waals surface area contributed by atoms with E-state index in [1.807, 2.05) is 0 Å². The highest BCUT2D eigenvalue weighted by molar-refractivity contribution is 7.05. The lowest BCUT2D eigenvalue weighted by molar-refractivity contribution is 0.210. The number of aromatic nitrogens is 2. The SMILES string of the molecule is CCCNC(c1snnc1C(C)C)C1CCCC(CC)C1. The zero-order valence-electron chi connectivity index (χ0n) is 14.1. The molecule has 1 saturated carbocycles. The summed E-state index contributed by atoms with van der Waals surface area (Å²) in [5.41, 5.74) is 1.22. The zero-order valence-corrected chi connectivity index (χ0v) is 14.9. The van der Waals surface area contributed by atoms with Crippen LogP contribution in [-0.2, 0) is 0 Å². The summed E-state index contributed by atoms with van der Waals surface area (Å²) in [4.78, 5) is 1.40. The maximum atomic E-state index is 4.41. The molecule has 0 aromatic carbocycles. The van der Waals surface area contributed by atoms with E-state index in [1.165, 1.54) is 49.1 Å². The van der Waals surface area contributed by atoms with Gasteiger partial charge in [0.25, 0.3) is 0 Å². The van der Waals surface area contributed by atoms with E-state index in [4.69, 9.17) is 0 Å². The lowest BCUT2D eigenvalue weighted by Gasteiger charge is -2.34. The molecule has 1 fully saturated rings. The van der Waals surface area contributed by atoms with Gasteiger partial charge in [0.2, 0.25) is 0 Å². The van der Waals surface area contributed by atoms with Crippen LogP contribution in [0.4, 0.5) is 0 Å².